The second-order valence-electron chi connectivity index (χ2n) is 4.81. The van der Waals surface area contributed by atoms with E-state index in [4.69, 9.17) is 14.2 Å². The van der Waals surface area contributed by atoms with Gasteiger partial charge in [-0.05, 0) is 40.0 Å². The van der Waals surface area contributed by atoms with Crippen LogP contribution in [0.3, 0.4) is 0 Å². The van der Waals surface area contributed by atoms with Crippen molar-refractivity contribution in [2.45, 2.75) is 72.5 Å². The number of esters is 1. The number of rotatable bonds is 12. The first-order valence-electron chi connectivity index (χ1n) is 8.03. The van der Waals surface area contributed by atoms with Gasteiger partial charge in [0.05, 0.1) is 18.8 Å². The summed E-state index contributed by atoms with van der Waals surface area (Å²) in [7, 11) is 0. The Kier molecular flexibility index (Phi) is 11.8. The van der Waals surface area contributed by atoms with Crippen molar-refractivity contribution in [1.29, 1.82) is 0 Å². The maximum Gasteiger partial charge on any atom is 0.305 e. The summed E-state index contributed by atoms with van der Waals surface area (Å²) in [6, 6.07) is 0. The average Bonchev–Trinajstić information content (AvgIpc) is 2.45. The summed E-state index contributed by atoms with van der Waals surface area (Å²) in [6.45, 7) is 11.9. The Balaban J connectivity index is 4.70. The summed E-state index contributed by atoms with van der Waals surface area (Å²) in [5.41, 5.74) is 0. The maximum absolute atomic E-state index is 11.6. The van der Waals surface area contributed by atoms with E-state index in [1.54, 1.807) is 0 Å². The van der Waals surface area contributed by atoms with Gasteiger partial charge < -0.3 is 14.2 Å². The van der Waals surface area contributed by atoms with Crippen molar-refractivity contribution < 1.29 is 19.0 Å². The average molecular weight is 288 g/mol. The highest BCUT2D eigenvalue weighted by atomic mass is 16.5. The van der Waals surface area contributed by atoms with Crippen molar-refractivity contribution in [1.82, 2.24) is 0 Å². The Morgan fingerprint density at radius 1 is 0.850 bits per heavy atom. The van der Waals surface area contributed by atoms with E-state index >= 15 is 0 Å². The van der Waals surface area contributed by atoms with Crippen molar-refractivity contribution in [2.24, 2.45) is 5.92 Å². The van der Waals surface area contributed by atoms with Gasteiger partial charge in [-0.15, -0.1) is 0 Å². The maximum atomic E-state index is 11.6. The minimum absolute atomic E-state index is 0.129. The smallest absolute Gasteiger partial charge is 0.305 e. The molecule has 2 unspecified atom stereocenters. The third kappa shape index (κ3) is 7.25. The Morgan fingerprint density at radius 2 is 1.35 bits per heavy atom. The first-order valence-corrected chi connectivity index (χ1v) is 8.03. The Hall–Kier alpha value is -0.610. The van der Waals surface area contributed by atoms with Gasteiger partial charge in [-0.3, -0.25) is 4.79 Å². The first-order chi connectivity index (χ1) is 9.64. The van der Waals surface area contributed by atoms with E-state index in [9.17, 15) is 4.79 Å². The molecule has 0 saturated heterocycles. The van der Waals surface area contributed by atoms with Crippen molar-refractivity contribution in [2.75, 3.05) is 19.8 Å². The molecule has 0 N–H and O–H groups in total. The third-order valence-electron chi connectivity index (χ3n) is 3.51. The van der Waals surface area contributed by atoms with E-state index in [1.807, 2.05) is 20.8 Å². The predicted octanol–water partition coefficient (Wildman–Crippen LogP) is 3.58. The van der Waals surface area contributed by atoms with E-state index < -0.39 is 0 Å². The molecule has 0 fully saturated rings. The number of carbonyl (C=O) groups excluding carboxylic acids is 1. The van der Waals surface area contributed by atoms with Crippen LogP contribution in [0.4, 0.5) is 0 Å². The lowest BCUT2D eigenvalue weighted by molar-refractivity contribution is -0.144. The monoisotopic (exact) mass is 288 g/mol. The molecule has 0 aromatic rings. The quantitative estimate of drug-likeness (QED) is 0.515. The van der Waals surface area contributed by atoms with Crippen LogP contribution in [0.2, 0.25) is 0 Å². The highest BCUT2D eigenvalue weighted by Crippen LogP contribution is 2.26. The highest BCUT2D eigenvalue weighted by molar-refractivity contribution is 5.69. The lowest BCUT2D eigenvalue weighted by Crippen LogP contribution is -2.35. The van der Waals surface area contributed by atoms with Crippen LogP contribution in [-0.4, -0.2) is 38.0 Å². The topological polar surface area (TPSA) is 44.8 Å². The molecule has 0 aromatic heterocycles. The lowest BCUT2D eigenvalue weighted by atomic mass is 9.88. The van der Waals surface area contributed by atoms with Gasteiger partial charge >= 0.3 is 5.97 Å². The minimum atomic E-state index is -0.129. The molecule has 0 aliphatic heterocycles. The Labute approximate surface area is 124 Å². The third-order valence-corrected chi connectivity index (χ3v) is 3.51. The SMILES string of the molecule is CCOC(=O)CCC(C(CC)OCC)C(CC)OCC. The molecule has 0 aliphatic carbocycles. The number of hydrogen-bond acceptors (Lipinski definition) is 4. The summed E-state index contributed by atoms with van der Waals surface area (Å²) in [4.78, 5) is 11.6. The van der Waals surface area contributed by atoms with Crippen LogP contribution in [0.1, 0.15) is 60.3 Å². The number of ether oxygens (including phenoxy) is 3. The van der Waals surface area contributed by atoms with E-state index in [-0.39, 0.29) is 24.1 Å². The highest BCUT2D eigenvalue weighted by Gasteiger charge is 2.29. The van der Waals surface area contributed by atoms with Crippen LogP contribution in [0.5, 0.6) is 0 Å². The number of hydrogen-bond donors (Lipinski definition) is 0. The van der Waals surface area contributed by atoms with E-state index in [1.165, 1.54) is 0 Å². The van der Waals surface area contributed by atoms with Gasteiger partial charge in [0.2, 0.25) is 0 Å². The standard InChI is InChI=1S/C16H32O4/c1-6-14(18-8-3)13(15(7-2)19-9-4)11-12-16(17)20-10-5/h13-15H,6-12H2,1-5H3. The molecule has 4 heteroatoms. The Morgan fingerprint density at radius 3 is 1.70 bits per heavy atom. The van der Waals surface area contributed by atoms with Gasteiger partial charge in [0.25, 0.3) is 0 Å². The zero-order chi connectivity index (χ0) is 15.4. The van der Waals surface area contributed by atoms with Gasteiger partial charge in [-0.2, -0.15) is 0 Å². The van der Waals surface area contributed by atoms with Crippen LogP contribution in [0.25, 0.3) is 0 Å². The fourth-order valence-corrected chi connectivity index (χ4v) is 2.65. The fraction of sp³-hybridized carbons (Fsp3) is 0.938. The second-order valence-corrected chi connectivity index (χ2v) is 4.81. The molecule has 0 spiro atoms. The van der Waals surface area contributed by atoms with Gasteiger partial charge in [0.15, 0.2) is 0 Å². The van der Waals surface area contributed by atoms with Gasteiger partial charge in [0.1, 0.15) is 0 Å². The van der Waals surface area contributed by atoms with Crippen LogP contribution in [0.15, 0.2) is 0 Å². The molecule has 0 heterocycles. The largest absolute Gasteiger partial charge is 0.466 e. The first kappa shape index (κ1) is 19.4. The number of carbonyl (C=O) groups is 1. The molecule has 0 aromatic carbocycles. The summed E-state index contributed by atoms with van der Waals surface area (Å²) in [6.07, 6.45) is 3.36. The van der Waals surface area contributed by atoms with Gasteiger partial charge in [-0.1, -0.05) is 13.8 Å². The molecule has 20 heavy (non-hydrogen) atoms. The van der Waals surface area contributed by atoms with Gasteiger partial charge in [0, 0.05) is 25.6 Å². The molecular weight excluding hydrogens is 256 g/mol. The fourth-order valence-electron chi connectivity index (χ4n) is 2.65. The summed E-state index contributed by atoms with van der Waals surface area (Å²) >= 11 is 0. The zero-order valence-electron chi connectivity index (χ0n) is 13.8. The van der Waals surface area contributed by atoms with Crippen molar-refractivity contribution in [3.63, 3.8) is 0 Å². The summed E-state index contributed by atoms with van der Waals surface area (Å²) in [5.74, 6) is 0.115. The molecule has 2 atom stereocenters. The van der Waals surface area contributed by atoms with Crippen LogP contribution in [0, 0.1) is 5.92 Å². The van der Waals surface area contributed by atoms with E-state index in [2.05, 4.69) is 13.8 Å². The zero-order valence-corrected chi connectivity index (χ0v) is 13.8. The molecule has 0 aliphatic rings. The predicted molar refractivity (Wildman–Crippen MR) is 80.8 cm³/mol. The molecule has 120 valence electrons. The lowest BCUT2D eigenvalue weighted by Gasteiger charge is -2.32. The molecule has 0 amide bonds. The molecule has 4 nitrogen and oxygen atoms in total. The summed E-state index contributed by atoms with van der Waals surface area (Å²) < 4.78 is 16.7. The summed E-state index contributed by atoms with van der Waals surface area (Å²) in [5, 5.41) is 0. The van der Waals surface area contributed by atoms with Crippen molar-refractivity contribution >= 4 is 5.97 Å². The minimum Gasteiger partial charge on any atom is -0.466 e. The van der Waals surface area contributed by atoms with Gasteiger partial charge in [-0.25, -0.2) is 0 Å². The normalized spacial score (nSPS) is 15.7. The van der Waals surface area contributed by atoms with E-state index in [0.717, 1.165) is 19.3 Å². The van der Waals surface area contributed by atoms with E-state index in [0.29, 0.717) is 26.2 Å². The van der Waals surface area contributed by atoms with Crippen LogP contribution < -0.4 is 0 Å². The molecule has 0 rings (SSSR count). The molecule has 0 radical (unpaired) electrons. The van der Waals surface area contributed by atoms with Crippen LogP contribution >= 0.6 is 0 Å². The van der Waals surface area contributed by atoms with Crippen LogP contribution in [-0.2, 0) is 19.0 Å². The molecule has 0 bridgehead atoms. The molecular formula is C16H32O4. The second kappa shape index (κ2) is 12.2. The van der Waals surface area contributed by atoms with Crippen molar-refractivity contribution in [3.05, 3.63) is 0 Å². The van der Waals surface area contributed by atoms with Crippen molar-refractivity contribution in [3.8, 4) is 0 Å². The molecule has 0 saturated carbocycles. The Bertz CT molecular complexity index is 229.